The van der Waals surface area contributed by atoms with E-state index in [0.29, 0.717) is 31.4 Å². The highest BCUT2D eigenvalue weighted by Gasteiger charge is 2.45. The number of amides is 1. The number of esters is 3. The van der Waals surface area contributed by atoms with E-state index in [2.05, 4.69) is 10.6 Å². The van der Waals surface area contributed by atoms with Crippen molar-refractivity contribution < 1.29 is 51.8 Å². The van der Waals surface area contributed by atoms with E-state index >= 15 is 4.57 Å². The fourth-order valence-electron chi connectivity index (χ4n) is 5.28. The molecule has 0 radical (unpaired) electrons. The number of ether oxygens (including phenoxy) is 3. The van der Waals surface area contributed by atoms with E-state index in [0.717, 1.165) is 5.56 Å². The van der Waals surface area contributed by atoms with Gasteiger partial charge < -0.3 is 24.8 Å². The van der Waals surface area contributed by atoms with Crippen molar-refractivity contribution in [3.8, 4) is 0 Å². The fourth-order valence-corrected chi connectivity index (χ4v) is 7.14. The molecule has 0 aliphatic carbocycles. The van der Waals surface area contributed by atoms with Gasteiger partial charge in [0.2, 0.25) is 5.85 Å². The first-order chi connectivity index (χ1) is 25.8. The Kier molecular flexibility index (Phi) is 16.1. The average molecular weight is 765 g/mol. The Morgan fingerprint density at radius 1 is 0.870 bits per heavy atom. The Morgan fingerprint density at radius 3 is 2.11 bits per heavy atom. The van der Waals surface area contributed by atoms with Crippen LogP contribution in [0.3, 0.4) is 0 Å². The molecule has 3 aromatic rings. The van der Waals surface area contributed by atoms with Gasteiger partial charge in [-0.3, -0.25) is 18.4 Å². The van der Waals surface area contributed by atoms with Crippen molar-refractivity contribution in [3.05, 3.63) is 108 Å². The topological polar surface area (TPSA) is 173 Å². The first-order valence-electron chi connectivity index (χ1n) is 18.0. The summed E-state index contributed by atoms with van der Waals surface area (Å²) in [5.41, 5.74) is 0.691. The molecule has 4 atom stereocenters. The summed E-state index contributed by atoms with van der Waals surface area (Å²) in [5, 5.41) is 5.62. The molecule has 1 heterocycles. The summed E-state index contributed by atoms with van der Waals surface area (Å²) in [4.78, 5) is 65.3. The molecule has 0 bridgehead atoms. The van der Waals surface area contributed by atoms with E-state index in [1.165, 1.54) is 12.1 Å². The number of benzene rings is 3. The number of nitrogens with one attached hydrogen (secondary N) is 2. The van der Waals surface area contributed by atoms with E-state index in [9.17, 15) is 24.0 Å². The highest BCUT2D eigenvalue weighted by molar-refractivity contribution is 7.54. The van der Waals surface area contributed by atoms with Gasteiger partial charge in [-0.05, 0) is 61.9 Å². The Balaban J connectivity index is 1.56. The summed E-state index contributed by atoms with van der Waals surface area (Å²) < 4.78 is 43.3. The van der Waals surface area contributed by atoms with Gasteiger partial charge in [0.25, 0.3) is 0 Å². The minimum Gasteiger partial charge on any atom is -0.445 e. The standard InChI is InChI=1S/C40H49N2O11P/c1-40(2,3)34(43)28-50-54(48,35(26-29-16-7-4-8-17-29)51-36(44)31-20-11-6-12-21-31)53-33(38(46)52-37(45)32-22-15-25-41-32)23-13-14-24-42-39(47)49-27-30-18-9-5-10-19-30/h4-12,16-21,32-33,35,41H,13-15,22-28H2,1-3H3,(H,42,47)/t32-,33?,35?,54?/m0/s1. The molecule has 1 aliphatic rings. The normalized spacial score (nSPS) is 16.3. The lowest BCUT2D eigenvalue weighted by atomic mass is 9.91. The molecule has 4 rings (SSSR count). The number of alkyl carbamates (subject to hydrolysis) is 1. The summed E-state index contributed by atoms with van der Waals surface area (Å²) in [5.74, 6) is -4.82. The molecule has 54 heavy (non-hydrogen) atoms. The number of unbranched alkanes of at least 4 members (excludes halogenated alkanes) is 1. The van der Waals surface area contributed by atoms with Crippen molar-refractivity contribution in [2.75, 3.05) is 19.7 Å². The molecular formula is C40H49N2O11P. The van der Waals surface area contributed by atoms with Gasteiger partial charge in [-0.2, -0.15) is 0 Å². The number of hydrogen-bond donors (Lipinski definition) is 2. The number of ketones is 1. The van der Waals surface area contributed by atoms with E-state index in [-0.39, 0.29) is 38.0 Å². The second-order valence-corrected chi connectivity index (χ2v) is 16.0. The first-order valence-corrected chi connectivity index (χ1v) is 19.6. The largest absolute Gasteiger partial charge is 0.445 e. The second-order valence-electron chi connectivity index (χ2n) is 13.9. The third-order valence-electron chi connectivity index (χ3n) is 8.53. The maximum absolute atomic E-state index is 15.1. The lowest BCUT2D eigenvalue weighted by Crippen LogP contribution is -2.38. The van der Waals surface area contributed by atoms with Crippen LogP contribution in [-0.2, 0) is 55.2 Å². The molecule has 1 amide bonds. The molecule has 0 saturated carbocycles. The van der Waals surface area contributed by atoms with Gasteiger partial charge in [0.05, 0.1) is 5.56 Å². The van der Waals surface area contributed by atoms with Crippen molar-refractivity contribution >= 4 is 37.4 Å². The van der Waals surface area contributed by atoms with Crippen LogP contribution in [0.2, 0.25) is 0 Å². The van der Waals surface area contributed by atoms with Crippen LogP contribution in [0.5, 0.6) is 0 Å². The number of Topliss-reactive ketones (excluding diaryl/α,β-unsaturated/α-hetero) is 1. The fraction of sp³-hybridized carbons (Fsp3) is 0.425. The Hall–Kier alpha value is -4.68. The van der Waals surface area contributed by atoms with Crippen LogP contribution < -0.4 is 10.6 Å². The molecule has 1 fully saturated rings. The Morgan fingerprint density at radius 2 is 1.50 bits per heavy atom. The van der Waals surface area contributed by atoms with Crippen LogP contribution in [0.1, 0.15) is 74.4 Å². The second kappa shape index (κ2) is 20.7. The minimum atomic E-state index is -4.76. The van der Waals surface area contributed by atoms with Crippen LogP contribution in [-0.4, -0.2) is 67.5 Å². The molecular weight excluding hydrogens is 715 g/mol. The molecule has 290 valence electrons. The van der Waals surface area contributed by atoms with Crippen LogP contribution >= 0.6 is 7.60 Å². The van der Waals surface area contributed by atoms with Crippen molar-refractivity contribution in [3.63, 3.8) is 0 Å². The number of carbonyl (C=O) groups is 5. The summed E-state index contributed by atoms with van der Waals surface area (Å²) >= 11 is 0. The predicted molar refractivity (Wildman–Crippen MR) is 199 cm³/mol. The highest BCUT2D eigenvalue weighted by atomic mass is 31.2. The quantitative estimate of drug-likeness (QED) is 0.0445. The van der Waals surface area contributed by atoms with Crippen molar-refractivity contribution in [1.29, 1.82) is 0 Å². The summed E-state index contributed by atoms with van der Waals surface area (Å²) in [7, 11) is -4.76. The first kappa shape index (κ1) is 42.1. The van der Waals surface area contributed by atoms with Crippen LogP contribution in [0, 0.1) is 5.41 Å². The van der Waals surface area contributed by atoms with Gasteiger partial charge >= 0.3 is 31.6 Å². The van der Waals surface area contributed by atoms with Crippen molar-refractivity contribution in [2.45, 2.75) is 83.9 Å². The molecule has 14 heteroatoms. The molecule has 13 nitrogen and oxygen atoms in total. The van der Waals surface area contributed by atoms with Gasteiger partial charge in [0.1, 0.15) is 19.3 Å². The molecule has 1 saturated heterocycles. The minimum absolute atomic E-state index is 0.0876. The van der Waals surface area contributed by atoms with Gasteiger partial charge in [0, 0.05) is 18.4 Å². The number of carbonyl (C=O) groups excluding carboxylic acids is 5. The van der Waals surface area contributed by atoms with Crippen LogP contribution in [0.15, 0.2) is 91.0 Å². The summed E-state index contributed by atoms with van der Waals surface area (Å²) in [6, 6.07) is 25.2. The van der Waals surface area contributed by atoms with E-state index < -0.39 is 67.4 Å². The molecule has 0 aromatic heterocycles. The predicted octanol–water partition coefficient (Wildman–Crippen LogP) is 6.54. The maximum atomic E-state index is 15.1. The number of hydrogen-bond acceptors (Lipinski definition) is 12. The molecule has 0 spiro atoms. The zero-order valence-electron chi connectivity index (χ0n) is 30.9. The molecule has 2 N–H and O–H groups in total. The van der Waals surface area contributed by atoms with Gasteiger partial charge in [-0.25, -0.2) is 19.2 Å². The van der Waals surface area contributed by atoms with Crippen LogP contribution in [0.25, 0.3) is 0 Å². The highest BCUT2D eigenvalue weighted by Crippen LogP contribution is 2.56. The zero-order valence-corrected chi connectivity index (χ0v) is 31.8. The summed E-state index contributed by atoms with van der Waals surface area (Å²) in [6.45, 7) is 5.13. The Bertz CT molecular complexity index is 1730. The van der Waals surface area contributed by atoms with E-state index in [1.807, 2.05) is 30.3 Å². The lowest BCUT2D eigenvalue weighted by Gasteiger charge is -2.30. The smallest absolute Gasteiger partial charge is 0.407 e. The van der Waals surface area contributed by atoms with Gasteiger partial charge in [0.15, 0.2) is 11.9 Å². The van der Waals surface area contributed by atoms with Crippen molar-refractivity contribution in [1.82, 2.24) is 10.6 Å². The van der Waals surface area contributed by atoms with Crippen molar-refractivity contribution in [2.24, 2.45) is 5.41 Å². The molecule has 3 unspecified atom stereocenters. The third-order valence-corrected chi connectivity index (χ3v) is 10.6. The SMILES string of the molecule is CC(C)(C)C(=O)COP(=O)(OC(CCCCNC(=O)OCc1ccccc1)C(=O)OC(=O)[C@@H]1CCCN1)C(Cc1ccccc1)OC(=O)c1ccccc1. The van der Waals surface area contributed by atoms with E-state index in [4.69, 9.17) is 23.3 Å². The molecule has 1 aliphatic heterocycles. The lowest BCUT2D eigenvalue weighted by molar-refractivity contribution is -0.166. The van der Waals surface area contributed by atoms with Gasteiger partial charge in [-0.1, -0.05) is 99.6 Å². The third kappa shape index (κ3) is 13.6. The van der Waals surface area contributed by atoms with Gasteiger partial charge in [-0.15, -0.1) is 0 Å². The average Bonchev–Trinajstić information content (AvgIpc) is 3.72. The zero-order chi connectivity index (χ0) is 39.0. The Labute approximate surface area is 316 Å². The molecule has 3 aromatic carbocycles. The monoisotopic (exact) mass is 764 g/mol. The summed E-state index contributed by atoms with van der Waals surface area (Å²) in [6.07, 6.45) is -0.838. The maximum Gasteiger partial charge on any atom is 0.407 e. The number of rotatable bonds is 19. The van der Waals surface area contributed by atoms with E-state index in [1.54, 1.807) is 69.3 Å². The van der Waals surface area contributed by atoms with Crippen LogP contribution in [0.4, 0.5) is 4.79 Å².